The molecule has 102 valence electrons. The third kappa shape index (κ3) is 3.50. The molecule has 0 fully saturated rings. The van der Waals surface area contributed by atoms with Crippen LogP contribution in [-0.4, -0.2) is 33.0 Å². The van der Waals surface area contributed by atoms with Gasteiger partial charge in [0.25, 0.3) is 0 Å². The SMILES string of the molecule is CCN(CC)c1nc(N)nc(NCc2cscn2)n1. The second-order valence-electron chi connectivity index (χ2n) is 3.82. The van der Waals surface area contributed by atoms with Crippen LogP contribution in [0.2, 0.25) is 0 Å². The molecule has 0 aromatic carbocycles. The molecule has 2 aromatic heterocycles. The molecule has 0 radical (unpaired) electrons. The third-order valence-electron chi connectivity index (χ3n) is 2.60. The Morgan fingerprint density at radius 3 is 2.68 bits per heavy atom. The van der Waals surface area contributed by atoms with E-state index in [0.29, 0.717) is 18.4 Å². The van der Waals surface area contributed by atoms with Gasteiger partial charge in [-0.15, -0.1) is 11.3 Å². The molecular weight excluding hydrogens is 262 g/mol. The summed E-state index contributed by atoms with van der Waals surface area (Å²) >= 11 is 1.56. The van der Waals surface area contributed by atoms with Crippen LogP contribution in [0, 0.1) is 0 Å². The molecule has 0 saturated heterocycles. The van der Waals surface area contributed by atoms with Gasteiger partial charge in [-0.2, -0.15) is 15.0 Å². The van der Waals surface area contributed by atoms with Gasteiger partial charge in [0.2, 0.25) is 17.8 Å². The predicted octanol–water partition coefficient (Wildman–Crippen LogP) is 1.37. The van der Waals surface area contributed by atoms with E-state index in [4.69, 9.17) is 5.73 Å². The topological polar surface area (TPSA) is 92.9 Å². The quantitative estimate of drug-likeness (QED) is 0.824. The monoisotopic (exact) mass is 279 g/mol. The molecule has 19 heavy (non-hydrogen) atoms. The first-order chi connectivity index (χ1) is 9.22. The van der Waals surface area contributed by atoms with Crippen molar-refractivity contribution in [3.05, 3.63) is 16.6 Å². The number of nitrogens with zero attached hydrogens (tertiary/aromatic N) is 5. The molecule has 0 bridgehead atoms. The first-order valence-electron chi connectivity index (χ1n) is 6.10. The highest BCUT2D eigenvalue weighted by Crippen LogP contribution is 2.12. The summed E-state index contributed by atoms with van der Waals surface area (Å²) < 4.78 is 0. The second kappa shape index (κ2) is 6.28. The fraction of sp³-hybridized carbons (Fsp3) is 0.455. The summed E-state index contributed by atoms with van der Waals surface area (Å²) in [4.78, 5) is 18.8. The minimum Gasteiger partial charge on any atom is -0.368 e. The second-order valence-corrected chi connectivity index (χ2v) is 4.54. The fourth-order valence-corrected chi connectivity index (χ4v) is 2.16. The van der Waals surface area contributed by atoms with Crippen LogP contribution in [0.3, 0.4) is 0 Å². The number of anilines is 3. The van der Waals surface area contributed by atoms with E-state index in [-0.39, 0.29) is 5.95 Å². The van der Waals surface area contributed by atoms with Gasteiger partial charge in [0.05, 0.1) is 17.7 Å². The van der Waals surface area contributed by atoms with E-state index in [1.807, 2.05) is 24.1 Å². The summed E-state index contributed by atoms with van der Waals surface area (Å²) in [5, 5.41) is 5.08. The minimum atomic E-state index is 0.220. The van der Waals surface area contributed by atoms with Gasteiger partial charge in [-0.3, -0.25) is 0 Å². The maximum absolute atomic E-state index is 5.71. The Morgan fingerprint density at radius 2 is 2.05 bits per heavy atom. The summed E-state index contributed by atoms with van der Waals surface area (Å²) in [6.45, 7) is 6.32. The molecule has 7 nitrogen and oxygen atoms in total. The maximum Gasteiger partial charge on any atom is 0.231 e. The van der Waals surface area contributed by atoms with E-state index in [0.717, 1.165) is 18.8 Å². The molecule has 0 saturated carbocycles. The van der Waals surface area contributed by atoms with Gasteiger partial charge in [-0.1, -0.05) is 0 Å². The zero-order valence-corrected chi connectivity index (χ0v) is 11.8. The Balaban J connectivity index is 2.12. The summed E-state index contributed by atoms with van der Waals surface area (Å²) in [5.74, 6) is 1.29. The first-order valence-corrected chi connectivity index (χ1v) is 7.04. The lowest BCUT2D eigenvalue weighted by atomic mass is 10.5. The Kier molecular flexibility index (Phi) is 4.45. The minimum absolute atomic E-state index is 0.220. The van der Waals surface area contributed by atoms with E-state index >= 15 is 0 Å². The number of nitrogens with two attached hydrogens (primary N) is 1. The van der Waals surface area contributed by atoms with Crippen LogP contribution in [0.4, 0.5) is 17.8 Å². The van der Waals surface area contributed by atoms with Gasteiger partial charge >= 0.3 is 0 Å². The third-order valence-corrected chi connectivity index (χ3v) is 3.23. The molecule has 0 aliphatic rings. The lowest BCUT2D eigenvalue weighted by Gasteiger charge is -2.18. The van der Waals surface area contributed by atoms with E-state index < -0.39 is 0 Å². The van der Waals surface area contributed by atoms with Crippen LogP contribution in [0.15, 0.2) is 10.9 Å². The Bertz CT molecular complexity index is 510. The smallest absolute Gasteiger partial charge is 0.231 e. The van der Waals surface area contributed by atoms with Crippen LogP contribution in [-0.2, 0) is 6.54 Å². The van der Waals surface area contributed by atoms with E-state index in [1.54, 1.807) is 16.8 Å². The summed E-state index contributed by atoms with van der Waals surface area (Å²) in [6.07, 6.45) is 0. The number of thiazole rings is 1. The van der Waals surface area contributed by atoms with E-state index in [2.05, 4.69) is 25.3 Å². The predicted molar refractivity (Wildman–Crippen MR) is 77.2 cm³/mol. The van der Waals surface area contributed by atoms with E-state index in [1.165, 1.54) is 0 Å². The molecule has 0 unspecified atom stereocenters. The van der Waals surface area contributed by atoms with Gasteiger partial charge in [0, 0.05) is 18.5 Å². The van der Waals surface area contributed by atoms with Crippen molar-refractivity contribution >= 4 is 29.2 Å². The molecule has 0 aliphatic carbocycles. The highest BCUT2D eigenvalue weighted by molar-refractivity contribution is 7.07. The molecule has 2 rings (SSSR count). The van der Waals surface area contributed by atoms with Crippen LogP contribution in [0.5, 0.6) is 0 Å². The molecule has 2 aromatic rings. The van der Waals surface area contributed by atoms with Gasteiger partial charge in [-0.05, 0) is 13.8 Å². The highest BCUT2D eigenvalue weighted by Gasteiger charge is 2.09. The Morgan fingerprint density at radius 1 is 1.26 bits per heavy atom. The number of aromatic nitrogens is 4. The van der Waals surface area contributed by atoms with Gasteiger partial charge in [0.15, 0.2) is 0 Å². The van der Waals surface area contributed by atoms with Crippen LogP contribution in [0.25, 0.3) is 0 Å². The standard InChI is InChI=1S/C11H17N7S/c1-3-18(4-2)11-16-9(12)15-10(17-11)13-5-8-6-19-7-14-8/h6-7H,3-5H2,1-2H3,(H3,12,13,15,16,17). The van der Waals surface area contributed by atoms with Crippen molar-refractivity contribution in [2.75, 3.05) is 29.0 Å². The summed E-state index contributed by atoms with van der Waals surface area (Å²) in [7, 11) is 0. The molecule has 0 spiro atoms. The van der Waals surface area contributed by atoms with Crippen LogP contribution < -0.4 is 16.0 Å². The molecule has 2 heterocycles. The first kappa shape index (κ1) is 13.5. The highest BCUT2D eigenvalue weighted by atomic mass is 32.1. The number of nitrogen functional groups attached to an aromatic ring is 1. The lowest BCUT2D eigenvalue weighted by Crippen LogP contribution is -2.25. The van der Waals surface area contributed by atoms with Crippen molar-refractivity contribution in [2.24, 2.45) is 0 Å². The van der Waals surface area contributed by atoms with Crippen molar-refractivity contribution in [1.82, 2.24) is 19.9 Å². The lowest BCUT2D eigenvalue weighted by molar-refractivity contribution is 0.813. The average molecular weight is 279 g/mol. The molecule has 8 heteroatoms. The van der Waals surface area contributed by atoms with Gasteiger partial charge in [-0.25, -0.2) is 4.98 Å². The Hall–Kier alpha value is -1.96. The maximum atomic E-state index is 5.71. The summed E-state index contributed by atoms with van der Waals surface area (Å²) in [6, 6.07) is 0. The molecule has 0 aliphatic heterocycles. The van der Waals surface area contributed by atoms with Crippen molar-refractivity contribution in [3.63, 3.8) is 0 Å². The Labute approximate surface area is 115 Å². The van der Waals surface area contributed by atoms with Crippen molar-refractivity contribution in [3.8, 4) is 0 Å². The molecule has 0 amide bonds. The van der Waals surface area contributed by atoms with Crippen LogP contribution >= 0.6 is 11.3 Å². The average Bonchev–Trinajstić information content (AvgIpc) is 2.90. The van der Waals surface area contributed by atoms with Crippen molar-refractivity contribution in [1.29, 1.82) is 0 Å². The summed E-state index contributed by atoms with van der Waals surface area (Å²) in [5.41, 5.74) is 8.46. The number of rotatable bonds is 6. The van der Waals surface area contributed by atoms with E-state index in [9.17, 15) is 0 Å². The largest absolute Gasteiger partial charge is 0.368 e. The molecule has 0 atom stereocenters. The van der Waals surface area contributed by atoms with Crippen molar-refractivity contribution < 1.29 is 0 Å². The number of nitrogens with one attached hydrogen (secondary N) is 1. The van der Waals surface area contributed by atoms with Crippen molar-refractivity contribution in [2.45, 2.75) is 20.4 Å². The molecule has 3 N–H and O–H groups in total. The van der Waals surface area contributed by atoms with Gasteiger partial charge in [0.1, 0.15) is 0 Å². The number of hydrogen-bond acceptors (Lipinski definition) is 8. The molecular formula is C11H17N7S. The zero-order chi connectivity index (χ0) is 13.7. The van der Waals surface area contributed by atoms with Gasteiger partial charge < -0.3 is 16.0 Å². The number of hydrogen-bond donors (Lipinski definition) is 2. The van der Waals surface area contributed by atoms with Crippen LogP contribution in [0.1, 0.15) is 19.5 Å². The fourth-order valence-electron chi connectivity index (χ4n) is 1.60. The zero-order valence-electron chi connectivity index (χ0n) is 11.0. The normalized spacial score (nSPS) is 10.4.